The fraction of sp³-hybridized carbons (Fsp3) is 0.682. The van der Waals surface area contributed by atoms with Crippen LogP contribution >= 0.6 is 15.9 Å². The molecule has 0 saturated heterocycles. The molecular weight excluding hydrogens is 408 g/mol. The average Bonchev–Trinajstić information content (AvgIpc) is 2.91. The van der Waals surface area contributed by atoms with E-state index >= 15 is 0 Å². The highest BCUT2D eigenvalue weighted by Gasteiger charge is 2.61. The van der Waals surface area contributed by atoms with Gasteiger partial charge in [-0.1, -0.05) is 40.9 Å². The van der Waals surface area contributed by atoms with Crippen LogP contribution in [-0.2, 0) is 19.1 Å². The zero-order valence-corrected chi connectivity index (χ0v) is 17.8. The molecule has 4 nitrogen and oxygen atoms in total. The van der Waals surface area contributed by atoms with Crippen molar-refractivity contribution >= 4 is 33.5 Å². The van der Waals surface area contributed by atoms with Crippen molar-refractivity contribution in [3.05, 3.63) is 23.3 Å². The second kappa shape index (κ2) is 6.40. The van der Waals surface area contributed by atoms with Gasteiger partial charge in [0.2, 0.25) is 0 Å². The number of halogens is 1. The van der Waals surface area contributed by atoms with E-state index in [0.717, 1.165) is 31.3 Å². The Morgan fingerprint density at radius 2 is 1.96 bits per heavy atom. The van der Waals surface area contributed by atoms with Gasteiger partial charge in [0.25, 0.3) is 0 Å². The van der Waals surface area contributed by atoms with Gasteiger partial charge in [-0.3, -0.25) is 9.59 Å². The summed E-state index contributed by atoms with van der Waals surface area (Å²) in [5.41, 5.74) is 1.79. The monoisotopic (exact) mass is 434 g/mol. The fourth-order valence-corrected chi connectivity index (χ4v) is 7.50. The van der Waals surface area contributed by atoms with E-state index in [9.17, 15) is 14.4 Å². The highest BCUT2D eigenvalue weighted by Crippen LogP contribution is 2.65. The van der Waals surface area contributed by atoms with Crippen molar-refractivity contribution in [1.82, 2.24) is 0 Å². The third kappa shape index (κ3) is 2.72. The molecule has 3 saturated carbocycles. The summed E-state index contributed by atoms with van der Waals surface area (Å²) in [7, 11) is 1.40. The Bertz CT molecular complexity index is 781. The summed E-state index contributed by atoms with van der Waals surface area (Å²) in [5.74, 6) is 0.851. The summed E-state index contributed by atoms with van der Waals surface area (Å²) in [6.45, 7) is 4.36. The molecule has 0 spiro atoms. The van der Waals surface area contributed by atoms with Crippen LogP contribution in [-0.4, -0.2) is 29.5 Å². The molecule has 4 rings (SSSR count). The molecule has 0 N–H and O–H groups in total. The summed E-state index contributed by atoms with van der Waals surface area (Å²) in [5, 5.41) is 0. The van der Waals surface area contributed by atoms with E-state index < -0.39 is 0 Å². The van der Waals surface area contributed by atoms with Crippen LogP contribution < -0.4 is 0 Å². The minimum atomic E-state index is -0.324. The van der Waals surface area contributed by atoms with Gasteiger partial charge >= 0.3 is 5.97 Å². The summed E-state index contributed by atoms with van der Waals surface area (Å²) in [4.78, 5) is 37.3. The van der Waals surface area contributed by atoms with Gasteiger partial charge in [0.1, 0.15) is 5.78 Å². The van der Waals surface area contributed by atoms with Gasteiger partial charge in [0.05, 0.1) is 11.9 Å². The molecule has 0 radical (unpaired) electrons. The number of carbonyl (C=O) groups excluding carboxylic acids is 3. The third-order valence-corrected chi connectivity index (χ3v) is 8.77. The Balaban J connectivity index is 1.72. The molecule has 0 aromatic carbocycles. The molecule has 27 heavy (non-hydrogen) atoms. The van der Waals surface area contributed by atoms with Crippen LogP contribution in [0.4, 0.5) is 0 Å². The number of methoxy groups -OCH3 is 1. The van der Waals surface area contributed by atoms with E-state index in [0.29, 0.717) is 30.5 Å². The minimum Gasteiger partial charge on any atom is -0.466 e. The Labute approximate surface area is 168 Å². The SMILES string of the molecule is COC(=O)/C=C1/CC[C@@H]2[C@@H]3CCC4=CC(=O)[C@H](Br)C[C@]4(C)[C@@H]3C(=O)C[C@]12C. The normalized spacial score (nSPS) is 45.0. The van der Waals surface area contributed by atoms with Gasteiger partial charge in [0.15, 0.2) is 5.78 Å². The maximum atomic E-state index is 13.5. The molecule has 4 aliphatic carbocycles. The zero-order valence-electron chi connectivity index (χ0n) is 16.2. The van der Waals surface area contributed by atoms with Crippen molar-refractivity contribution < 1.29 is 19.1 Å². The first kappa shape index (κ1) is 19.1. The number of rotatable bonds is 1. The Kier molecular flexibility index (Phi) is 4.53. The molecule has 3 fully saturated rings. The molecule has 0 aromatic heterocycles. The number of hydrogen-bond acceptors (Lipinski definition) is 4. The molecule has 0 heterocycles. The largest absolute Gasteiger partial charge is 0.466 e. The van der Waals surface area contributed by atoms with E-state index in [2.05, 4.69) is 29.8 Å². The van der Waals surface area contributed by atoms with Crippen molar-refractivity contribution in [1.29, 1.82) is 0 Å². The number of alkyl halides is 1. The van der Waals surface area contributed by atoms with Crippen LogP contribution in [0.25, 0.3) is 0 Å². The molecule has 0 aliphatic heterocycles. The number of ketones is 2. The first-order chi connectivity index (χ1) is 12.7. The number of ether oxygens (including phenoxy) is 1. The summed E-state index contributed by atoms with van der Waals surface area (Å²) < 4.78 is 4.83. The average molecular weight is 435 g/mol. The van der Waals surface area contributed by atoms with E-state index in [4.69, 9.17) is 4.74 Å². The summed E-state index contributed by atoms with van der Waals surface area (Å²) in [6.07, 6.45) is 8.38. The Hall–Kier alpha value is -1.23. The first-order valence-corrected chi connectivity index (χ1v) is 10.8. The van der Waals surface area contributed by atoms with Gasteiger partial charge in [-0.25, -0.2) is 4.79 Å². The quantitative estimate of drug-likeness (QED) is 0.353. The maximum Gasteiger partial charge on any atom is 0.330 e. The maximum absolute atomic E-state index is 13.5. The van der Waals surface area contributed by atoms with Gasteiger partial charge in [-0.15, -0.1) is 0 Å². The van der Waals surface area contributed by atoms with Gasteiger partial charge < -0.3 is 4.74 Å². The van der Waals surface area contributed by atoms with Crippen molar-refractivity contribution in [2.45, 2.75) is 57.2 Å². The molecule has 0 unspecified atom stereocenters. The highest BCUT2D eigenvalue weighted by atomic mass is 79.9. The van der Waals surface area contributed by atoms with Crippen molar-refractivity contribution in [2.75, 3.05) is 7.11 Å². The van der Waals surface area contributed by atoms with Crippen LogP contribution in [0.2, 0.25) is 0 Å². The third-order valence-electron chi connectivity index (χ3n) is 8.00. The minimum absolute atomic E-state index is 0.0128. The molecule has 5 heteroatoms. The molecule has 0 amide bonds. The Morgan fingerprint density at radius 1 is 1.22 bits per heavy atom. The van der Waals surface area contributed by atoms with E-state index in [1.165, 1.54) is 12.7 Å². The lowest BCUT2D eigenvalue weighted by molar-refractivity contribution is -0.142. The van der Waals surface area contributed by atoms with E-state index in [-0.39, 0.29) is 33.3 Å². The lowest BCUT2D eigenvalue weighted by Crippen LogP contribution is -2.55. The van der Waals surface area contributed by atoms with Crippen molar-refractivity contribution in [2.24, 2.45) is 28.6 Å². The number of allylic oxidation sites excluding steroid dienone is 2. The standard InChI is InChI=1S/C22H27BrO4/c1-21-11-18(25)20-14(15(21)7-5-13(21)9-19(26)27-3)6-4-12-8-17(24)16(23)10-22(12,20)2/h8-9,14-16,20H,4-7,10-11H2,1-3H3/b13-9-/t14-,15+,16+,20-,21+,22-/m0/s1. The number of carbonyl (C=O) groups is 3. The molecule has 146 valence electrons. The van der Waals surface area contributed by atoms with Gasteiger partial charge in [-0.2, -0.15) is 0 Å². The summed E-state index contributed by atoms with van der Waals surface area (Å²) >= 11 is 3.53. The van der Waals surface area contributed by atoms with Crippen LogP contribution in [0.1, 0.15) is 52.4 Å². The van der Waals surface area contributed by atoms with Crippen LogP contribution in [0.3, 0.4) is 0 Å². The smallest absolute Gasteiger partial charge is 0.330 e. The Morgan fingerprint density at radius 3 is 2.67 bits per heavy atom. The topological polar surface area (TPSA) is 60.4 Å². The summed E-state index contributed by atoms with van der Waals surface area (Å²) in [6, 6.07) is 0. The molecule has 0 bridgehead atoms. The second-order valence-electron chi connectivity index (χ2n) is 9.24. The number of fused-ring (bicyclic) bond motifs is 5. The lowest BCUT2D eigenvalue weighted by Gasteiger charge is -2.56. The van der Waals surface area contributed by atoms with Gasteiger partial charge in [0, 0.05) is 23.8 Å². The molecule has 0 aromatic rings. The van der Waals surface area contributed by atoms with Crippen molar-refractivity contribution in [3.8, 4) is 0 Å². The first-order valence-electron chi connectivity index (χ1n) is 9.91. The predicted octanol–water partition coefficient (Wildman–Crippen LogP) is 4.17. The lowest BCUT2D eigenvalue weighted by atomic mass is 9.47. The zero-order chi connectivity index (χ0) is 19.6. The number of hydrogen-bond donors (Lipinski definition) is 0. The predicted molar refractivity (Wildman–Crippen MR) is 105 cm³/mol. The van der Waals surface area contributed by atoms with Crippen LogP contribution in [0, 0.1) is 28.6 Å². The molecular formula is C22H27BrO4. The van der Waals surface area contributed by atoms with Crippen molar-refractivity contribution in [3.63, 3.8) is 0 Å². The molecule has 4 aliphatic rings. The van der Waals surface area contributed by atoms with Crippen LogP contribution in [0.15, 0.2) is 23.3 Å². The molecule has 6 atom stereocenters. The number of Topliss-reactive ketones (excluding diaryl/α,β-unsaturated/α-hetero) is 1. The highest BCUT2D eigenvalue weighted by molar-refractivity contribution is 9.10. The number of esters is 1. The van der Waals surface area contributed by atoms with E-state index in [1.807, 2.05) is 0 Å². The fourth-order valence-electron chi connectivity index (χ4n) is 6.70. The van der Waals surface area contributed by atoms with E-state index in [1.54, 1.807) is 12.2 Å². The van der Waals surface area contributed by atoms with Crippen LogP contribution in [0.5, 0.6) is 0 Å². The second-order valence-corrected chi connectivity index (χ2v) is 10.3. The van der Waals surface area contributed by atoms with Gasteiger partial charge in [-0.05, 0) is 55.4 Å².